The molecule has 1 heterocycles. The molecule has 0 aromatic rings. The Morgan fingerprint density at radius 2 is 2.35 bits per heavy atom. The van der Waals surface area contributed by atoms with Crippen LogP contribution >= 0.6 is 0 Å². The molecule has 1 fully saturated rings. The van der Waals surface area contributed by atoms with Gasteiger partial charge >= 0.3 is 0 Å². The van der Waals surface area contributed by atoms with Gasteiger partial charge in [-0.3, -0.25) is 0 Å². The minimum absolute atomic E-state index is 0.0421. The minimum atomic E-state index is -3.42. The van der Waals surface area contributed by atoms with Crippen molar-refractivity contribution in [2.45, 2.75) is 25.9 Å². The van der Waals surface area contributed by atoms with E-state index in [1.165, 1.54) is 4.31 Å². The summed E-state index contributed by atoms with van der Waals surface area (Å²) in [5.74, 6) is -0.165. The molecule has 1 saturated heterocycles. The molecule has 0 bridgehead atoms. The summed E-state index contributed by atoms with van der Waals surface area (Å²) < 4.78 is 30.5. The van der Waals surface area contributed by atoms with Gasteiger partial charge in [0.25, 0.3) is 0 Å². The Morgan fingerprint density at radius 3 is 2.82 bits per heavy atom. The first kappa shape index (κ1) is 14.2. The normalized spacial score (nSPS) is 22.2. The second-order valence-corrected chi connectivity index (χ2v) is 5.94. The summed E-state index contributed by atoms with van der Waals surface area (Å²) in [6, 6.07) is 0. The zero-order valence-corrected chi connectivity index (χ0v) is 10.7. The number of hydrogen-bond donors (Lipinski definition) is 2. The van der Waals surface area contributed by atoms with Crippen LogP contribution in [0.2, 0.25) is 0 Å². The molecule has 1 unspecified atom stereocenters. The molecule has 0 amide bonds. The van der Waals surface area contributed by atoms with E-state index in [0.29, 0.717) is 6.61 Å². The highest BCUT2D eigenvalue weighted by atomic mass is 32.2. The van der Waals surface area contributed by atoms with Crippen LogP contribution in [0.1, 0.15) is 19.8 Å². The molecule has 1 rings (SSSR count). The molecule has 7 nitrogen and oxygen atoms in total. The molecule has 0 aromatic carbocycles. The molecule has 0 spiro atoms. The van der Waals surface area contributed by atoms with Gasteiger partial charge in [0, 0.05) is 13.2 Å². The zero-order valence-electron chi connectivity index (χ0n) is 9.87. The van der Waals surface area contributed by atoms with E-state index in [-0.39, 0.29) is 30.8 Å². The van der Waals surface area contributed by atoms with Crippen LogP contribution in [0, 0.1) is 0 Å². The molecular formula is C9H19N3O4S. The molecule has 3 N–H and O–H groups in total. The first-order valence-electron chi connectivity index (χ1n) is 5.55. The van der Waals surface area contributed by atoms with Gasteiger partial charge < -0.3 is 15.7 Å². The van der Waals surface area contributed by atoms with Crippen LogP contribution in [0.15, 0.2) is 5.16 Å². The molecule has 0 aliphatic carbocycles. The summed E-state index contributed by atoms with van der Waals surface area (Å²) in [4.78, 5) is 0. The highest BCUT2D eigenvalue weighted by Crippen LogP contribution is 2.15. The van der Waals surface area contributed by atoms with Crippen LogP contribution in [0.25, 0.3) is 0 Å². The Bertz CT molecular complexity index is 362. The predicted molar refractivity (Wildman–Crippen MR) is 63.4 cm³/mol. The number of nitrogens with two attached hydrogens (primary N) is 1. The number of hydrogen-bond acceptors (Lipinski definition) is 5. The van der Waals surface area contributed by atoms with Crippen molar-refractivity contribution in [2.75, 3.05) is 25.4 Å². The van der Waals surface area contributed by atoms with Gasteiger partial charge in [-0.25, -0.2) is 8.42 Å². The van der Waals surface area contributed by atoms with Crippen LogP contribution in [0.4, 0.5) is 0 Å². The number of likely N-dealkylation sites (N-methyl/N-ethyl adjacent to an activating group) is 1. The molecule has 0 saturated carbocycles. The van der Waals surface area contributed by atoms with Crippen LogP contribution in [-0.4, -0.2) is 55.3 Å². The third-order valence-electron chi connectivity index (χ3n) is 2.63. The van der Waals surface area contributed by atoms with Gasteiger partial charge in [0.1, 0.15) is 0 Å². The Balaban J connectivity index is 2.64. The highest BCUT2D eigenvalue weighted by Gasteiger charge is 2.28. The maximum Gasteiger partial charge on any atom is 0.217 e. The SMILES string of the molecule is CCN(CC(N)=NO)S(=O)(=O)CC1CCCO1. The topological polar surface area (TPSA) is 105 Å². The van der Waals surface area contributed by atoms with Crippen molar-refractivity contribution < 1.29 is 18.4 Å². The number of amidine groups is 1. The fraction of sp³-hybridized carbons (Fsp3) is 0.889. The molecule has 100 valence electrons. The van der Waals surface area contributed by atoms with E-state index in [4.69, 9.17) is 15.7 Å². The van der Waals surface area contributed by atoms with E-state index in [0.717, 1.165) is 12.8 Å². The number of ether oxygens (including phenoxy) is 1. The third kappa shape index (κ3) is 4.14. The average Bonchev–Trinajstić information content (AvgIpc) is 2.76. The van der Waals surface area contributed by atoms with Gasteiger partial charge in [-0.15, -0.1) is 0 Å². The molecule has 0 radical (unpaired) electrons. The maximum atomic E-state index is 12.0. The van der Waals surface area contributed by atoms with Crippen LogP contribution in [-0.2, 0) is 14.8 Å². The summed E-state index contributed by atoms with van der Waals surface area (Å²) in [5, 5.41) is 11.2. The third-order valence-corrected chi connectivity index (χ3v) is 4.60. The Kier molecular flexibility index (Phi) is 5.16. The lowest BCUT2D eigenvalue weighted by molar-refractivity contribution is 0.126. The molecule has 0 aromatic heterocycles. The number of rotatable bonds is 6. The van der Waals surface area contributed by atoms with Gasteiger partial charge in [0.15, 0.2) is 5.84 Å². The minimum Gasteiger partial charge on any atom is -0.409 e. The van der Waals surface area contributed by atoms with Crippen LogP contribution in [0.3, 0.4) is 0 Å². The van der Waals surface area contributed by atoms with Crippen molar-refractivity contribution in [3.8, 4) is 0 Å². The van der Waals surface area contributed by atoms with Crippen LogP contribution < -0.4 is 5.73 Å². The summed E-state index contributed by atoms with van der Waals surface area (Å²) in [6.45, 7) is 2.51. The van der Waals surface area contributed by atoms with Gasteiger partial charge in [-0.2, -0.15) is 4.31 Å². The molecule has 17 heavy (non-hydrogen) atoms. The number of oxime groups is 1. The highest BCUT2D eigenvalue weighted by molar-refractivity contribution is 7.89. The van der Waals surface area contributed by atoms with Crippen molar-refractivity contribution in [1.29, 1.82) is 0 Å². The van der Waals surface area contributed by atoms with Gasteiger partial charge in [0.2, 0.25) is 10.0 Å². The van der Waals surface area contributed by atoms with Crippen molar-refractivity contribution in [3.05, 3.63) is 0 Å². The number of nitrogens with zero attached hydrogens (tertiary/aromatic N) is 2. The first-order chi connectivity index (χ1) is 7.99. The van der Waals surface area contributed by atoms with Gasteiger partial charge in [-0.1, -0.05) is 12.1 Å². The van der Waals surface area contributed by atoms with Gasteiger partial charge in [-0.05, 0) is 12.8 Å². The zero-order chi connectivity index (χ0) is 12.9. The standard InChI is InChI=1S/C9H19N3O4S/c1-2-12(6-9(10)11-13)17(14,15)7-8-4-3-5-16-8/h8,13H,2-7H2,1H3,(H2,10,11). The van der Waals surface area contributed by atoms with E-state index in [1.54, 1.807) is 6.92 Å². The molecular weight excluding hydrogens is 246 g/mol. The predicted octanol–water partition coefficient (Wildman–Crippen LogP) is -0.436. The average molecular weight is 265 g/mol. The smallest absolute Gasteiger partial charge is 0.217 e. The lowest BCUT2D eigenvalue weighted by atomic mass is 10.3. The summed E-state index contributed by atoms with van der Waals surface area (Å²) in [6.07, 6.45) is 1.42. The van der Waals surface area contributed by atoms with E-state index in [2.05, 4.69) is 5.16 Å². The Morgan fingerprint density at radius 1 is 1.65 bits per heavy atom. The quantitative estimate of drug-likeness (QED) is 0.293. The van der Waals surface area contributed by atoms with Gasteiger partial charge in [0.05, 0.1) is 18.4 Å². The second kappa shape index (κ2) is 6.18. The maximum absolute atomic E-state index is 12.0. The van der Waals surface area contributed by atoms with E-state index in [1.807, 2.05) is 0 Å². The van der Waals surface area contributed by atoms with Crippen molar-refractivity contribution >= 4 is 15.9 Å². The van der Waals surface area contributed by atoms with E-state index < -0.39 is 10.0 Å². The van der Waals surface area contributed by atoms with Crippen molar-refractivity contribution in [3.63, 3.8) is 0 Å². The Labute approximate surface area is 101 Å². The van der Waals surface area contributed by atoms with E-state index >= 15 is 0 Å². The second-order valence-electron chi connectivity index (χ2n) is 3.93. The van der Waals surface area contributed by atoms with E-state index in [9.17, 15) is 8.42 Å². The number of sulfonamides is 1. The monoisotopic (exact) mass is 265 g/mol. The summed E-state index contributed by atoms with van der Waals surface area (Å²) >= 11 is 0. The first-order valence-corrected chi connectivity index (χ1v) is 7.16. The van der Waals surface area contributed by atoms with Crippen molar-refractivity contribution in [1.82, 2.24) is 4.31 Å². The largest absolute Gasteiger partial charge is 0.409 e. The fourth-order valence-corrected chi connectivity index (χ4v) is 3.40. The molecule has 1 aliphatic rings. The molecule has 1 atom stereocenters. The fourth-order valence-electron chi connectivity index (χ4n) is 1.74. The van der Waals surface area contributed by atoms with Crippen molar-refractivity contribution in [2.24, 2.45) is 10.9 Å². The molecule has 1 aliphatic heterocycles. The summed E-state index contributed by atoms with van der Waals surface area (Å²) in [5.41, 5.74) is 5.32. The lowest BCUT2D eigenvalue weighted by Gasteiger charge is -2.21. The lowest BCUT2D eigenvalue weighted by Crippen LogP contribution is -2.41. The summed E-state index contributed by atoms with van der Waals surface area (Å²) in [7, 11) is -3.42. The molecule has 8 heteroatoms. The Hall–Kier alpha value is -0.860. The van der Waals surface area contributed by atoms with Crippen LogP contribution in [0.5, 0.6) is 0 Å².